The molecule has 1 fully saturated rings. The number of hydrogen-bond donors (Lipinski definition) is 1. The number of piperidine rings is 1. The van der Waals surface area contributed by atoms with Crippen LogP contribution in [0.1, 0.15) is 73.0 Å². The topological polar surface area (TPSA) is 93.7 Å². The number of likely N-dealkylation sites (tertiary alicyclic amines) is 1. The van der Waals surface area contributed by atoms with E-state index in [4.69, 9.17) is 4.74 Å². The molecule has 1 aliphatic rings. The quantitative estimate of drug-likeness (QED) is 0.172. The Morgan fingerprint density at radius 1 is 0.957 bits per heavy atom. The summed E-state index contributed by atoms with van der Waals surface area (Å²) in [6.07, 6.45) is -8.48. The van der Waals surface area contributed by atoms with E-state index in [1.54, 1.807) is 17.0 Å². The highest BCUT2D eigenvalue weighted by molar-refractivity contribution is 5.73. The first-order chi connectivity index (χ1) is 21.9. The van der Waals surface area contributed by atoms with Gasteiger partial charge in [-0.05, 0) is 80.8 Å². The van der Waals surface area contributed by atoms with E-state index in [9.17, 15) is 35.9 Å². The fourth-order valence-corrected chi connectivity index (χ4v) is 4.81. The molecule has 4 rings (SSSR count). The maximum Gasteiger partial charge on any atom is 0.420 e. The Morgan fingerprint density at radius 3 is 2.19 bits per heavy atom. The zero-order valence-corrected chi connectivity index (χ0v) is 26.0. The lowest BCUT2D eigenvalue weighted by Gasteiger charge is -2.33. The number of halogens is 6. The smallest absolute Gasteiger partial charge is 0.420 e. The number of aromatic nitrogens is 2. The number of esters is 1. The summed E-state index contributed by atoms with van der Waals surface area (Å²) >= 11 is 0. The molecular weight excluding hydrogens is 630 g/mol. The lowest BCUT2D eigenvalue weighted by molar-refractivity contribution is -0.140. The van der Waals surface area contributed by atoms with E-state index in [0.29, 0.717) is 31.0 Å². The summed E-state index contributed by atoms with van der Waals surface area (Å²) in [7, 11) is 1.09. The summed E-state index contributed by atoms with van der Waals surface area (Å²) in [4.78, 5) is 33.5. The molecule has 2 aromatic carbocycles. The highest BCUT2D eigenvalue weighted by atomic mass is 19.4. The van der Waals surface area contributed by atoms with Crippen molar-refractivity contribution >= 4 is 23.7 Å². The fourth-order valence-electron chi connectivity index (χ4n) is 4.81. The number of amides is 1. The summed E-state index contributed by atoms with van der Waals surface area (Å²) < 4.78 is 91.5. The van der Waals surface area contributed by atoms with Gasteiger partial charge < -0.3 is 19.7 Å². The third-order valence-electron chi connectivity index (χ3n) is 7.19. The Morgan fingerprint density at radius 2 is 1.62 bits per heavy atom. The SMILES string of the molecule is COC(=O)Cc1ccc(C(F)(F)F)cc1C#Cc1nc(Nc2ccc(C3CCN(C(=O)OC(C)(C)C)CC3)cc2)ncc1C(F)(F)F. The van der Waals surface area contributed by atoms with Gasteiger partial charge in [0.05, 0.1) is 19.1 Å². The predicted octanol–water partition coefficient (Wildman–Crippen LogP) is 7.49. The van der Waals surface area contributed by atoms with Crippen LogP contribution < -0.4 is 5.32 Å². The lowest BCUT2D eigenvalue weighted by Crippen LogP contribution is -2.41. The van der Waals surface area contributed by atoms with Gasteiger partial charge in [-0.1, -0.05) is 24.1 Å². The number of carbonyl (C=O) groups is 2. The number of nitrogens with zero attached hydrogens (tertiary/aromatic N) is 3. The normalized spacial score (nSPS) is 14.2. The number of methoxy groups -OCH3 is 1. The first-order valence-electron chi connectivity index (χ1n) is 14.5. The number of ether oxygens (including phenoxy) is 2. The molecule has 0 atom stereocenters. The Balaban J connectivity index is 1.54. The van der Waals surface area contributed by atoms with Crippen LogP contribution in [-0.2, 0) is 33.0 Å². The van der Waals surface area contributed by atoms with E-state index in [2.05, 4.69) is 31.9 Å². The van der Waals surface area contributed by atoms with Crippen LogP contribution in [-0.4, -0.2) is 52.7 Å². The highest BCUT2D eigenvalue weighted by Crippen LogP contribution is 2.33. The molecular formula is C33H32F6N4O4. The molecule has 1 amide bonds. The Kier molecular flexibility index (Phi) is 10.4. The van der Waals surface area contributed by atoms with Gasteiger partial charge in [0.15, 0.2) is 0 Å². The van der Waals surface area contributed by atoms with Crippen LogP contribution in [0.3, 0.4) is 0 Å². The van der Waals surface area contributed by atoms with Crippen molar-refractivity contribution in [2.24, 2.45) is 0 Å². The number of benzene rings is 2. The third kappa shape index (κ3) is 9.60. The molecule has 8 nitrogen and oxygen atoms in total. The standard InChI is InChI=1S/C33H32F6N4O4/c1-31(2,3)47-30(45)43-15-13-21(14-16-43)20-6-10-25(11-7-20)41-29-40-19-26(33(37,38)39)27(42-29)12-8-22-17-24(32(34,35)36)9-5-23(22)18-28(44)46-4/h5-7,9-11,17,19,21H,13-16,18H2,1-4H3,(H,40,41,42). The van der Waals surface area contributed by atoms with Crippen LogP contribution in [0.4, 0.5) is 42.8 Å². The predicted molar refractivity (Wildman–Crippen MR) is 160 cm³/mol. The molecule has 0 aliphatic carbocycles. The lowest BCUT2D eigenvalue weighted by atomic mass is 9.89. The maximum absolute atomic E-state index is 13.8. The minimum atomic E-state index is -4.91. The molecule has 1 saturated heterocycles. The second-order valence-electron chi connectivity index (χ2n) is 11.8. The van der Waals surface area contributed by atoms with E-state index in [1.165, 1.54) is 0 Å². The molecule has 0 bridgehead atoms. The van der Waals surface area contributed by atoms with Gasteiger partial charge in [-0.3, -0.25) is 4.79 Å². The van der Waals surface area contributed by atoms with Crippen molar-refractivity contribution in [2.45, 2.75) is 63.9 Å². The maximum atomic E-state index is 13.8. The van der Waals surface area contributed by atoms with Gasteiger partial charge in [0.2, 0.25) is 5.95 Å². The summed E-state index contributed by atoms with van der Waals surface area (Å²) in [5.41, 5.74) is -2.52. The van der Waals surface area contributed by atoms with Crippen molar-refractivity contribution in [2.75, 3.05) is 25.5 Å². The van der Waals surface area contributed by atoms with Crippen molar-refractivity contribution in [1.82, 2.24) is 14.9 Å². The average Bonchev–Trinajstić information content (AvgIpc) is 2.99. The van der Waals surface area contributed by atoms with Gasteiger partial charge in [0.1, 0.15) is 16.9 Å². The first kappa shape index (κ1) is 35.1. The third-order valence-corrected chi connectivity index (χ3v) is 7.19. The fraction of sp³-hybridized carbons (Fsp3) is 0.394. The molecule has 1 aliphatic heterocycles. The van der Waals surface area contributed by atoms with E-state index in [-0.39, 0.29) is 29.1 Å². The zero-order chi connectivity index (χ0) is 34.6. The molecule has 250 valence electrons. The van der Waals surface area contributed by atoms with E-state index in [1.807, 2.05) is 32.9 Å². The zero-order valence-electron chi connectivity index (χ0n) is 26.0. The minimum absolute atomic E-state index is 0.0360. The number of anilines is 2. The molecule has 47 heavy (non-hydrogen) atoms. The second kappa shape index (κ2) is 13.9. The van der Waals surface area contributed by atoms with Gasteiger partial charge in [-0.25, -0.2) is 14.8 Å². The summed E-state index contributed by atoms with van der Waals surface area (Å²) in [5.74, 6) is 3.76. The van der Waals surface area contributed by atoms with Gasteiger partial charge in [0, 0.05) is 30.5 Å². The van der Waals surface area contributed by atoms with Crippen LogP contribution in [0.25, 0.3) is 0 Å². The Hall–Kier alpha value is -4.80. The number of rotatable bonds is 5. The number of nitrogens with one attached hydrogen (secondary N) is 1. The molecule has 1 aromatic heterocycles. The summed E-state index contributed by atoms with van der Waals surface area (Å²) in [6, 6.07) is 9.56. The summed E-state index contributed by atoms with van der Waals surface area (Å²) in [6.45, 7) is 6.49. The Labute approximate surface area is 267 Å². The first-order valence-corrected chi connectivity index (χ1v) is 14.5. The highest BCUT2D eigenvalue weighted by Gasteiger charge is 2.35. The van der Waals surface area contributed by atoms with E-state index < -0.39 is 47.2 Å². The number of hydrogen-bond acceptors (Lipinski definition) is 7. The van der Waals surface area contributed by atoms with Gasteiger partial charge in [-0.2, -0.15) is 26.3 Å². The van der Waals surface area contributed by atoms with E-state index >= 15 is 0 Å². The molecule has 0 unspecified atom stereocenters. The van der Waals surface area contributed by atoms with Crippen molar-refractivity contribution in [3.8, 4) is 11.8 Å². The average molecular weight is 663 g/mol. The van der Waals surface area contributed by atoms with Crippen molar-refractivity contribution < 1.29 is 45.4 Å². The van der Waals surface area contributed by atoms with E-state index in [0.717, 1.165) is 37.6 Å². The molecule has 0 spiro atoms. The number of carbonyl (C=O) groups excluding carboxylic acids is 2. The molecule has 0 saturated carbocycles. The van der Waals surface area contributed by atoms with Crippen LogP contribution in [0.5, 0.6) is 0 Å². The molecule has 2 heterocycles. The van der Waals surface area contributed by atoms with Gasteiger partial charge in [-0.15, -0.1) is 0 Å². The van der Waals surface area contributed by atoms with Crippen LogP contribution in [0, 0.1) is 11.8 Å². The minimum Gasteiger partial charge on any atom is -0.469 e. The second-order valence-corrected chi connectivity index (χ2v) is 11.8. The van der Waals surface area contributed by atoms with Gasteiger partial charge in [0.25, 0.3) is 0 Å². The molecule has 14 heteroatoms. The van der Waals surface area contributed by atoms with Crippen molar-refractivity contribution in [1.29, 1.82) is 0 Å². The summed E-state index contributed by atoms with van der Waals surface area (Å²) in [5, 5.41) is 2.83. The van der Waals surface area contributed by atoms with Gasteiger partial charge >= 0.3 is 24.4 Å². The Bertz CT molecular complexity index is 1660. The van der Waals surface area contributed by atoms with Crippen molar-refractivity contribution in [3.05, 3.63) is 82.2 Å². The van der Waals surface area contributed by atoms with Crippen LogP contribution >= 0.6 is 0 Å². The molecule has 3 aromatic rings. The van der Waals surface area contributed by atoms with Crippen molar-refractivity contribution in [3.63, 3.8) is 0 Å². The monoisotopic (exact) mass is 662 g/mol. The largest absolute Gasteiger partial charge is 0.469 e. The van der Waals surface area contributed by atoms with Crippen LogP contribution in [0.15, 0.2) is 48.7 Å². The number of alkyl halides is 6. The molecule has 1 N–H and O–H groups in total. The van der Waals surface area contributed by atoms with Crippen LogP contribution in [0.2, 0.25) is 0 Å². The molecule has 0 radical (unpaired) electrons.